The van der Waals surface area contributed by atoms with Gasteiger partial charge in [0.1, 0.15) is 18.5 Å². The number of phosphoric acid groups is 2. The minimum absolute atomic E-state index is 0.0183. The van der Waals surface area contributed by atoms with Gasteiger partial charge in [0.2, 0.25) is 0 Å². The highest BCUT2D eigenvalue weighted by atomic mass is 31.2. The Kier molecular flexibility index (Phi) is 34.4. The van der Waals surface area contributed by atoms with E-state index < -0.39 is 96.4 Å². The highest BCUT2D eigenvalue weighted by Gasteiger charge is 2.41. The third-order valence-corrected chi connectivity index (χ3v) is 13.0. The van der Waals surface area contributed by atoms with Crippen molar-refractivity contribution in [2.75, 3.05) is 26.4 Å². The van der Waals surface area contributed by atoms with Crippen molar-refractivity contribution < 1.29 is 81.7 Å². The molecule has 8 atom stereocenters. The number of rotatable bonds is 42. The van der Waals surface area contributed by atoms with Crippen molar-refractivity contribution in [1.29, 1.82) is 0 Å². The molecule has 0 radical (unpaired) electrons. The number of hydrogen-bond acceptors (Lipinski definition) is 14. The molecule has 0 bridgehead atoms. The van der Waals surface area contributed by atoms with Crippen molar-refractivity contribution >= 4 is 33.4 Å². The van der Waals surface area contributed by atoms with Crippen LogP contribution in [0.25, 0.3) is 0 Å². The summed E-state index contributed by atoms with van der Waals surface area (Å²) in [6.07, 6.45) is 19.8. The summed E-state index contributed by atoms with van der Waals surface area (Å²) in [4.78, 5) is 66.0. The minimum Gasteiger partial charge on any atom is -0.462 e. The second kappa shape index (κ2) is 36.4. The first-order valence-corrected chi connectivity index (χ1v) is 27.4. The van der Waals surface area contributed by atoms with E-state index in [1.807, 2.05) is 0 Å². The van der Waals surface area contributed by atoms with E-state index in [0.29, 0.717) is 19.3 Å². The Morgan fingerprint density at radius 2 is 1.14 bits per heavy atom. The number of Topliss-reactive ketones (excluding diaryl/α,β-unsaturated/α-hetero) is 1. The van der Waals surface area contributed by atoms with Crippen LogP contribution in [0.2, 0.25) is 0 Å². The summed E-state index contributed by atoms with van der Waals surface area (Å²) in [5, 5.41) is 41.2. The zero-order chi connectivity index (χ0) is 48.5. The van der Waals surface area contributed by atoms with Crippen LogP contribution in [-0.4, -0.2) is 110 Å². The normalized spacial score (nSPS) is 20.2. The number of carbonyl (C=O) groups excluding carboxylic acids is 3. The zero-order valence-corrected chi connectivity index (χ0v) is 41.4. The van der Waals surface area contributed by atoms with Gasteiger partial charge in [-0.25, -0.2) is 9.13 Å². The van der Waals surface area contributed by atoms with E-state index >= 15 is 0 Å². The third kappa shape index (κ3) is 34.4. The molecule has 0 saturated heterocycles. The molecule has 1 aliphatic carbocycles. The Balaban J connectivity index is 2.54. The lowest BCUT2D eigenvalue weighted by molar-refractivity contribution is -0.161. The van der Waals surface area contributed by atoms with E-state index in [9.17, 15) is 48.8 Å². The molecule has 1 rings (SSSR count). The van der Waals surface area contributed by atoms with Gasteiger partial charge >= 0.3 is 27.6 Å². The topological polar surface area (TPSA) is 273 Å². The number of ketones is 1. The molecule has 0 aromatic carbocycles. The number of phosphoric ester groups is 2. The predicted octanol–water partition coefficient (Wildman–Crippen LogP) is 8.32. The lowest BCUT2D eigenvalue weighted by Crippen LogP contribution is -2.30. The molecule has 1 unspecified atom stereocenters. The SMILES string of the molecule is CCCCC[C@H](O)/C=C/[C@@H]1[C@@H](CC(=O)CCCCC(=O)O[C@H](COC(=O)CCCCCCCCCCCCCCCCC(C)C)COP(=O)(O)OC[C@@H](O)COP(=O)(O)O)[C@@H](O)C[C@H]1O. The first kappa shape index (κ1) is 61.4. The van der Waals surface area contributed by atoms with Crippen LogP contribution >= 0.6 is 15.6 Å². The minimum atomic E-state index is -4.91. The van der Waals surface area contributed by atoms with E-state index in [-0.39, 0.29) is 44.3 Å². The molecule has 0 aliphatic heterocycles. The maximum atomic E-state index is 12.9. The van der Waals surface area contributed by atoms with Crippen LogP contribution in [0.1, 0.15) is 188 Å². The average Bonchev–Trinajstić information content (AvgIpc) is 3.50. The largest absolute Gasteiger partial charge is 0.472 e. The van der Waals surface area contributed by atoms with Crippen LogP contribution in [0.3, 0.4) is 0 Å². The molecule has 0 heterocycles. The number of hydrogen-bond donors (Lipinski definition) is 7. The number of ether oxygens (including phenoxy) is 2. The van der Waals surface area contributed by atoms with Gasteiger partial charge in [0.05, 0.1) is 38.1 Å². The molecule has 19 heteroatoms. The molecule has 382 valence electrons. The van der Waals surface area contributed by atoms with E-state index in [1.54, 1.807) is 12.2 Å². The first-order valence-electron chi connectivity index (χ1n) is 24.4. The van der Waals surface area contributed by atoms with Gasteiger partial charge in [-0.05, 0) is 31.6 Å². The van der Waals surface area contributed by atoms with Crippen molar-refractivity contribution in [2.24, 2.45) is 17.8 Å². The molecule has 65 heavy (non-hydrogen) atoms. The predicted molar refractivity (Wildman–Crippen MR) is 246 cm³/mol. The Bertz CT molecular complexity index is 1390. The summed E-state index contributed by atoms with van der Waals surface area (Å²) in [6, 6.07) is 0. The summed E-state index contributed by atoms with van der Waals surface area (Å²) in [5.41, 5.74) is 0. The molecule has 7 N–H and O–H groups in total. The third-order valence-electron chi connectivity index (χ3n) is 11.6. The van der Waals surface area contributed by atoms with Crippen LogP contribution in [0.4, 0.5) is 0 Å². The first-order chi connectivity index (χ1) is 30.8. The lowest BCUT2D eigenvalue weighted by Gasteiger charge is -2.21. The summed E-state index contributed by atoms with van der Waals surface area (Å²) < 4.78 is 47.8. The molecule has 1 fully saturated rings. The summed E-state index contributed by atoms with van der Waals surface area (Å²) in [6.45, 7) is 3.57. The van der Waals surface area contributed by atoms with E-state index in [2.05, 4.69) is 29.8 Å². The van der Waals surface area contributed by atoms with Gasteiger partial charge in [-0.1, -0.05) is 142 Å². The maximum absolute atomic E-state index is 12.9. The van der Waals surface area contributed by atoms with Crippen LogP contribution in [-0.2, 0) is 46.6 Å². The van der Waals surface area contributed by atoms with Gasteiger partial charge in [0, 0.05) is 43.9 Å². The summed E-state index contributed by atoms with van der Waals surface area (Å²) in [5.74, 6) is -1.68. The van der Waals surface area contributed by atoms with Crippen molar-refractivity contribution in [2.45, 2.75) is 218 Å². The molecule has 0 amide bonds. The van der Waals surface area contributed by atoms with Crippen molar-refractivity contribution in [3.8, 4) is 0 Å². The summed E-state index contributed by atoms with van der Waals surface area (Å²) >= 11 is 0. The Morgan fingerprint density at radius 1 is 0.631 bits per heavy atom. The van der Waals surface area contributed by atoms with Gasteiger partial charge in [0.25, 0.3) is 0 Å². The van der Waals surface area contributed by atoms with Gasteiger partial charge < -0.3 is 44.6 Å². The second-order valence-corrected chi connectivity index (χ2v) is 20.9. The molecule has 1 aliphatic rings. The van der Waals surface area contributed by atoms with Crippen molar-refractivity contribution in [1.82, 2.24) is 0 Å². The molecule has 1 saturated carbocycles. The highest BCUT2D eigenvalue weighted by Crippen LogP contribution is 2.44. The van der Waals surface area contributed by atoms with Crippen molar-refractivity contribution in [3.63, 3.8) is 0 Å². The standard InChI is InChI=1S/C46H86O17P2/c1-4-5-18-24-37(47)28-29-41-42(44(51)31-43(41)50)30-38(48)25-21-22-27-46(53)63-40(35-62-65(57,58)61-33-39(49)32-60-64(54,55)56)34-59-45(52)26-20-17-15-13-11-9-7-6-8-10-12-14-16-19-23-36(2)3/h28-29,36-37,39-44,47,49-51H,4-27,30-35H2,1-3H3,(H,57,58)(H2,54,55,56)/b29-28+/t37-,39-,40+,41+,42+,43+,44-/m0/s1. The van der Waals surface area contributed by atoms with Gasteiger partial charge in [-0.2, -0.15) is 0 Å². The molecular formula is C46H86O17P2. The lowest BCUT2D eigenvalue weighted by atomic mass is 9.87. The van der Waals surface area contributed by atoms with Crippen LogP contribution < -0.4 is 0 Å². The number of aliphatic hydroxyl groups is 4. The Labute approximate surface area is 388 Å². The number of unbranched alkanes of at least 4 members (excludes halogenated alkanes) is 16. The zero-order valence-electron chi connectivity index (χ0n) is 39.6. The highest BCUT2D eigenvalue weighted by molar-refractivity contribution is 7.47. The fraction of sp³-hybridized carbons (Fsp3) is 0.891. The molecule has 0 aromatic rings. The smallest absolute Gasteiger partial charge is 0.462 e. The second-order valence-electron chi connectivity index (χ2n) is 18.2. The van der Waals surface area contributed by atoms with Crippen molar-refractivity contribution in [3.05, 3.63) is 12.2 Å². The van der Waals surface area contributed by atoms with Gasteiger partial charge in [-0.3, -0.25) is 28.0 Å². The number of aliphatic hydroxyl groups excluding tert-OH is 4. The van der Waals surface area contributed by atoms with E-state index in [0.717, 1.165) is 50.9 Å². The monoisotopic (exact) mass is 973 g/mol. The van der Waals surface area contributed by atoms with Crippen LogP contribution in [0.15, 0.2) is 12.2 Å². The molecular weight excluding hydrogens is 886 g/mol. The van der Waals surface area contributed by atoms with E-state index in [1.165, 1.54) is 64.2 Å². The fourth-order valence-corrected chi connectivity index (χ4v) is 8.92. The van der Waals surface area contributed by atoms with Crippen LogP contribution in [0.5, 0.6) is 0 Å². The maximum Gasteiger partial charge on any atom is 0.472 e. The fourth-order valence-electron chi connectivity index (χ4n) is 7.77. The molecule has 0 spiro atoms. The number of carbonyl (C=O) groups is 3. The Morgan fingerprint density at radius 3 is 1.72 bits per heavy atom. The summed E-state index contributed by atoms with van der Waals surface area (Å²) in [7, 11) is -9.83. The molecule has 17 nitrogen and oxygen atoms in total. The average molecular weight is 973 g/mol. The van der Waals surface area contributed by atoms with E-state index in [4.69, 9.17) is 23.8 Å². The van der Waals surface area contributed by atoms with Crippen LogP contribution in [0, 0.1) is 17.8 Å². The molecule has 0 aromatic heterocycles. The quantitative estimate of drug-likeness (QED) is 0.0131. The Hall–Kier alpha value is -1.59. The number of esters is 2. The van der Waals surface area contributed by atoms with Gasteiger partial charge in [-0.15, -0.1) is 0 Å². The van der Waals surface area contributed by atoms with Gasteiger partial charge in [0.15, 0.2) is 6.10 Å².